The summed E-state index contributed by atoms with van der Waals surface area (Å²) in [7, 11) is -2.47. The molecular weight excluding hydrogens is 492 g/mol. The number of benzene rings is 3. The number of ether oxygens (including phenoxy) is 1. The highest BCUT2D eigenvalue weighted by atomic mass is 35.5. The number of halogens is 1. The molecule has 0 aliphatic rings. The van der Waals surface area contributed by atoms with Gasteiger partial charge < -0.3 is 10.1 Å². The van der Waals surface area contributed by atoms with E-state index in [2.05, 4.69) is 5.32 Å². The van der Waals surface area contributed by atoms with Gasteiger partial charge in [0, 0.05) is 29.1 Å². The van der Waals surface area contributed by atoms with Crippen molar-refractivity contribution < 1.29 is 17.9 Å². The molecule has 34 heavy (non-hydrogen) atoms. The summed E-state index contributed by atoms with van der Waals surface area (Å²) in [6.45, 7) is 1.94. The van der Waals surface area contributed by atoms with Crippen LogP contribution in [0.1, 0.15) is 11.1 Å². The van der Waals surface area contributed by atoms with Gasteiger partial charge in [-0.05, 0) is 42.8 Å². The summed E-state index contributed by atoms with van der Waals surface area (Å²) < 4.78 is 33.2. The molecule has 0 unspecified atom stereocenters. The van der Waals surface area contributed by atoms with Crippen LogP contribution in [0.2, 0.25) is 5.02 Å². The minimum absolute atomic E-state index is 0.115. The molecule has 0 heterocycles. The normalized spacial score (nSPS) is 11.1. The molecule has 0 spiro atoms. The van der Waals surface area contributed by atoms with Gasteiger partial charge in [-0.25, -0.2) is 8.42 Å². The van der Waals surface area contributed by atoms with Crippen LogP contribution in [0.25, 0.3) is 0 Å². The fraction of sp³-hybridized carbons (Fsp3) is 0.240. The Hall–Kier alpha value is -2.68. The van der Waals surface area contributed by atoms with Crippen molar-refractivity contribution in [1.82, 2.24) is 5.32 Å². The quantitative estimate of drug-likeness (QED) is 0.365. The van der Waals surface area contributed by atoms with Crippen LogP contribution in [0.4, 0.5) is 5.69 Å². The highest BCUT2D eigenvalue weighted by molar-refractivity contribution is 7.98. The zero-order chi connectivity index (χ0) is 24.6. The fourth-order valence-corrected chi connectivity index (χ4v) is 5.72. The molecule has 0 bridgehead atoms. The highest BCUT2D eigenvalue weighted by Gasteiger charge is 2.27. The first-order valence-corrected chi connectivity index (χ1v) is 13.6. The third kappa shape index (κ3) is 6.91. The summed E-state index contributed by atoms with van der Waals surface area (Å²) in [4.78, 5) is 12.8. The van der Waals surface area contributed by atoms with Crippen molar-refractivity contribution in [2.75, 3.05) is 30.3 Å². The number of aryl methyl sites for hydroxylation is 1. The van der Waals surface area contributed by atoms with Gasteiger partial charge in [-0.3, -0.25) is 9.10 Å². The lowest BCUT2D eigenvalue weighted by Crippen LogP contribution is -2.41. The van der Waals surface area contributed by atoms with E-state index in [4.69, 9.17) is 16.3 Å². The van der Waals surface area contributed by atoms with Gasteiger partial charge in [0.1, 0.15) is 12.3 Å². The minimum Gasteiger partial charge on any atom is -0.497 e. The maximum atomic E-state index is 13.4. The van der Waals surface area contributed by atoms with Gasteiger partial charge in [-0.15, -0.1) is 0 Å². The third-order valence-electron chi connectivity index (χ3n) is 5.02. The van der Waals surface area contributed by atoms with Crippen molar-refractivity contribution in [3.63, 3.8) is 0 Å². The Morgan fingerprint density at radius 1 is 1.06 bits per heavy atom. The molecule has 0 saturated heterocycles. The molecule has 0 aliphatic carbocycles. The Morgan fingerprint density at radius 3 is 2.50 bits per heavy atom. The molecule has 0 atom stereocenters. The topological polar surface area (TPSA) is 75.7 Å². The van der Waals surface area contributed by atoms with E-state index in [1.807, 2.05) is 31.2 Å². The lowest BCUT2D eigenvalue weighted by Gasteiger charge is -2.24. The highest BCUT2D eigenvalue weighted by Crippen LogP contribution is 2.27. The molecule has 0 aliphatic heterocycles. The van der Waals surface area contributed by atoms with Crippen LogP contribution in [-0.4, -0.2) is 40.3 Å². The number of hydrogen-bond donors (Lipinski definition) is 1. The Balaban J connectivity index is 1.68. The van der Waals surface area contributed by atoms with E-state index in [0.717, 1.165) is 21.2 Å². The summed E-state index contributed by atoms with van der Waals surface area (Å²) >= 11 is 7.81. The molecule has 6 nitrogen and oxygen atoms in total. The van der Waals surface area contributed by atoms with E-state index in [0.29, 0.717) is 28.8 Å². The number of amides is 1. The summed E-state index contributed by atoms with van der Waals surface area (Å²) in [5.41, 5.74) is 2.33. The van der Waals surface area contributed by atoms with E-state index in [-0.39, 0.29) is 11.4 Å². The van der Waals surface area contributed by atoms with Crippen LogP contribution in [0.15, 0.2) is 77.7 Å². The molecule has 0 fully saturated rings. The zero-order valence-electron chi connectivity index (χ0n) is 19.0. The molecule has 0 aromatic heterocycles. The molecule has 1 N–H and O–H groups in total. The summed E-state index contributed by atoms with van der Waals surface area (Å²) in [5.74, 6) is 1.50. The first kappa shape index (κ1) is 25.9. The van der Waals surface area contributed by atoms with Gasteiger partial charge in [0.2, 0.25) is 5.91 Å². The Kier molecular flexibility index (Phi) is 9.27. The Bertz CT molecular complexity index is 1220. The van der Waals surface area contributed by atoms with Crippen LogP contribution in [0.5, 0.6) is 5.75 Å². The first-order chi connectivity index (χ1) is 16.3. The second kappa shape index (κ2) is 12.1. The molecular formula is C25H27ClN2O4S2. The van der Waals surface area contributed by atoms with Crippen LogP contribution >= 0.6 is 23.4 Å². The average molecular weight is 519 g/mol. The largest absolute Gasteiger partial charge is 0.497 e. The fourth-order valence-electron chi connectivity index (χ4n) is 3.16. The standard InChI is InChI=1S/C25H27ClN2O4S2/c1-19-10-12-23(13-11-19)34(30,31)28(21-7-5-8-22(16-21)32-2)17-25(29)27-14-15-33-18-20-6-3-4-9-24(20)26/h3-13,16H,14-15,17-18H2,1-2H3,(H,27,29). The minimum atomic E-state index is -3.97. The molecule has 3 rings (SSSR count). The number of anilines is 1. The van der Waals surface area contributed by atoms with Gasteiger partial charge in [-0.1, -0.05) is 53.6 Å². The maximum absolute atomic E-state index is 13.4. The number of nitrogens with one attached hydrogen (secondary N) is 1. The van der Waals surface area contributed by atoms with Crippen molar-refractivity contribution in [2.45, 2.75) is 17.6 Å². The van der Waals surface area contributed by atoms with Crippen molar-refractivity contribution in [2.24, 2.45) is 0 Å². The van der Waals surface area contributed by atoms with Crippen molar-refractivity contribution in [3.8, 4) is 5.75 Å². The van der Waals surface area contributed by atoms with Gasteiger partial charge in [0.15, 0.2) is 0 Å². The van der Waals surface area contributed by atoms with E-state index < -0.39 is 15.9 Å². The molecule has 3 aromatic carbocycles. The van der Waals surface area contributed by atoms with Crippen LogP contribution in [0.3, 0.4) is 0 Å². The smallest absolute Gasteiger partial charge is 0.264 e. The maximum Gasteiger partial charge on any atom is 0.264 e. The lowest BCUT2D eigenvalue weighted by molar-refractivity contribution is -0.119. The second-order valence-electron chi connectivity index (χ2n) is 7.52. The third-order valence-corrected chi connectivity index (χ3v) is 8.19. The predicted molar refractivity (Wildman–Crippen MR) is 139 cm³/mol. The van der Waals surface area contributed by atoms with Crippen molar-refractivity contribution >= 4 is 45.0 Å². The van der Waals surface area contributed by atoms with E-state index in [1.165, 1.54) is 7.11 Å². The number of rotatable bonds is 11. The van der Waals surface area contributed by atoms with Crippen LogP contribution < -0.4 is 14.4 Å². The Labute approximate surface area is 210 Å². The predicted octanol–water partition coefficient (Wildman–Crippen LogP) is 4.90. The summed E-state index contributed by atoms with van der Waals surface area (Å²) in [6.07, 6.45) is 0. The van der Waals surface area contributed by atoms with Crippen LogP contribution in [-0.2, 0) is 20.6 Å². The Morgan fingerprint density at radius 2 is 1.79 bits per heavy atom. The van der Waals surface area contributed by atoms with Gasteiger partial charge in [0.05, 0.1) is 17.7 Å². The molecule has 1 amide bonds. The summed E-state index contributed by atoms with van der Waals surface area (Å²) in [6, 6.07) is 20.8. The van der Waals surface area contributed by atoms with Crippen molar-refractivity contribution in [1.29, 1.82) is 0 Å². The number of sulfonamides is 1. The monoisotopic (exact) mass is 518 g/mol. The number of hydrogen-bond acceptors (Lipinski definition) is 5. The SMILES string of the molecule is COc1cccc(N(CC(=O)NCCSCc2ccccc2Cl)S(=O)(=O)c2ccc(C)cc2)c1. The van der Waals surface area contributed by atoms with Gasteiger partial charge in [0.25, 0.3) is 10.0 Å². The van der Waals surface area contributed by atoms with Gasteiger partial charge >= 0.3 is 0 Å². The zero-order valence-corrected chi connectivity index (χ0v) is 21.4. The number of carbonyl (C=O) groups excluding carboxylic acids is 1. The van der Waals surface area contributed by atoms with Gasteiger partial charge in [-0.2, -0.15) is 11.8 Å². The average Bonchev–Trinajstić information content (AvgIpc) is 2.83. The van der Waals surface area contributed by atoms with Crippen molar-refractivity contribution in [3.05, 3.63) is 88.9 Å². The summed E-state index contributed by atoms with van der Waals surface area (Å²) in [5, 5.41) is 3.53. The number of thioether (sulfide) groups is 1. The number of carbonyl (C=O) groups is 1. The number of nitrogens with zero attached hydrogens (tertiary/aromatic N) is 1. The lowest BCUT2D eigenvalue weighted by atomic mass is 10.2. The molecule has 9 heteroatoms. The second-order valence-corrected chi connectivity index (χ2v) is 10.9. The number of methoxy groups -OCH3 is 1. The molecule has 0 radical (unpaired) electrons. The molecule has 180 valence electrons. The molecule has 3 aromatic rings. The van der Waals surface area contributed by atoms with Crippen LogP contribution in [0, 0.1) is 6.92 Å². The van der Waals surface area contributed by atoms with E-state index in [9.17, 15) is 13.2 Å². The molecule has 0 saturated carbocycles. The van der Waals surface area contributed by atoms with E-state index >= 15 is 0 Å². The van der Waals surface area contributed by atoms with E-state index in [1.54, 1.807) is 60.3 Å². The first-order valence-electron chi connectivity index (χ1n) is 10.6.